The molecule has 0 aromatic heterocycles. The van der Waals surface area contributed by atoms with Gasteiger partial charge in [0.05, 0.1) is 12.5 Å². The minimum Gasteiger partial charge on any atom is -0.251 e. The summed E-state index contributed by atoms with van der Waals surface area (Å²) in [6.07, 6.45) is 8.31. The molecule has 172 valence electrons. The van der Waals surface area contributed by atoms with E-state index in [1.54, 1.807) is 6.07 Å². The van der Waals surface area contributed by atoms with Crippen molar-refractivity contribution in [3.63, 3.8) is 0 Å². The Morgan fingerprint density at radius 2 is 1.81 bits per heavy atom. The van der Waals surface area contributed by atoms with Gasteiger partial charge >= 0.3 is 0 Å². The second kappa shape index (κ2) is 11.4. The van der Waals surface area contributed by atoms with Gasteiger partial charge in [0.15, 0.2) is 11.6 Å². The van der Waals surface area contributed by atoms with Gasteiger partial charge in [-0.05, 0) is 66.9 Å². The van der Waals surface area contributed by atoms with Gasteiger partial charge in [0.1, 0.15) is 5.82 Å². The van der Waals surface area contributed by atoms with Crippen LogP contribution in [-0.4, -0.2) is 6.67 Å². The van der Waals surface area contributed by atoms with Crippen LogP contribution in [0.2, 0.25) is 0 Å². The van der Waals surface area contributed by atoms with Gasteiger partial charge in [0.25, 0.3) is 0 Å². The van der Waals surface area contributed by atoms with E-state index in [1.165, 1.54) is 30.3 Å². The average Bonchev–Trinajstić information content (AvgIpc) is 2.78. The highest BCUT2D eigenvalue weighted by Gasteiger charge is 2.19. The van der Waals surface area contributed by atoms with Crippen LogP contribution in [0.4, 0.5) is 22.0 Å². The van der Waals surface area contributed by atoms with Crippen molar-refractivity contribution in [2.75, 3.05) is 6.67 Å². The molecule has 5 heteroatoms. The molecule has 0 amide bonds. The fourth-order valence-electron chi connectivity index (χ4n) is 4.19. The van der Waals surface area contributed by atoms with Gasteiger partial charge in [0, 0.05) is 17.5 Å². The second-order valence-electron chi connectivity index (χ2n) is 8.37. The smallest absolute Gasteiger partial charge is 0.167 e. The summed E-state index contributed by atoms with van der Waals surface area (Å²) in [5, 5.41) is 0. The molecule has 2 aromatic rings. The minimum atomic E-state index is -1.02. The predicted molar refractivity (Wildman–Crippen MR) is 120 cm³/mol. The van der Waals surface area contributed by atoms with Crippen molar-refractivity contribution in [2.24, 2.45) is 5.92 Å². The average molecular weight is 449 g/mol. The Bertz CT molecular complexity index is 990. The van der Waals surface area contributed by atoms with E-state index in [-0.39, 0.29) is 23.5 Å². The summed E-state index contributed by atoms with van der Waals surface area (Å²) in [5.74, 6) is -2.97. The van der Waals surface area contributed by atoms with Crippen LogP contribution in [0, 0.1) is 23.4 Å². The first-order chi connectivity index (χ1) is 15.4. The summed E-state index contributed by atoms with van der Waals surface area (Å²) in [6, 6.07) is 7.51. The van der Waals surface area contributed by atoms with Crippen LogP contribution in [0.15, 0.2) is 48.3 Å². The normalized spacial score (nSPS) is 16.9. The van der Waals surface area contributed by atoms with E-state index in [0.29, 0.717) is 36.8 Å². The van der Waals surface area contributed by atoms with Crippen LogP contribution in [0.3, 0.4) is 0 Å². The maximum absolute atomic E-state index is 14.9. The first kappa shape index (κ1) is 24.2. The number of unbranched alkanes of at least 4 members (excludes halogenated alkanes) is 2. The quantitative estimate of drug-likeness (QED) is 0.265. The molecule has 0 saturated carbocycles. The molecule has 1 aliphatic rings. The number of aryl methyl sites for hydroxylation is 1. The lowest BCUT2D eigenvalue weighted by Gasteiger charge is -2.20. The maximum atomic E-state index is 14.9. The van der Waals surface area contributed by atoms with Crippen LogP contribution in [0.1, 0.15) is 63.0 Å². The zero-order valence-electron chi connectivity index (χ0n) is 18.4. The van der Waals surface area contributed by atoms with Gasteiger partial charge in [0.2, 0.25) is 0 Å². The lowest BCUT2D eigenvalue weighted by atomic mass is 9.85. The highest BCUT2D eigenvalue weighted by Crippen LogP contribution is 2.35. The van der Waals surface area contributed by atoms with E-state index in [2.05, 4.69) is 0 Å². The zero-order chi connectivity index (χ0) is 23.1. The van der Waals surface area contributed by atoms with E-state index in [1.807, 2.05) is 13.0 Å². The van der Waals surface area contributed by atoms with Gasteiger partial charge < -0.3 is 0 Å². The molecule has 0 heterocycles. The van der Waals surface area contributed by atoms with Crippen LogP contribution < -0.4 is 0 Å². The molecule has 1 unspecified atom stereocenters. The fraction of sp³-hybridized carbons (Fsp3) is 0.407. The highest BCUT2D eigenvalue weighted by atomic mass is 19.2. The molecule has 1 aliphatic carbocycles. The molecule has 1 atom stereocenters. The largest absolute Gasteiger partial charge is 0.251 e. The molecule has 0 radical (unpaired) electrons. The van der Waals surface area contributed by atoms with E-state index in [0.717, 1.165) is 24.8 Å². The lowest BCUT2D eigenvalue weighted by molar-refractivity contribution is 0.447. The molecule has 3 rings (SSSR count). The van der Waals surface area contributed by atoms with Crippen molar-refractivity contribution in [2.45, 2.75) is 58.3 Å². The molecule has 0 N–H and O–H groups in total. The van der Waals surface area contributed by atoms with Crippen molar-refractivity contribution < 1.29 is 22.0 Å². The molecule has 0 spiro atoms. The molecule has 0 saturated heterocycles. The number of hydrogen-bond donors (Lipinski definition) is 0. The Kier molecular flexibility index (Phi) is 8.66. The number of rotatable bonds is 9. The molecular weight excluding hydrogens is 419 g/mol. The van der Waals surface area contributed by atoms with Crippen LogP contribution in [0.25, 0.3) is 16.7 Å². The second-order valence-corrected chi connectivity index (χ2v) is 8.37. The fourth-order valence-corrected chi connectivity index (χ4v) is 4.19. The summed E-state index contributed by atoms with van der Waals surface area (Å²) in [4.78, 5) is 0. The molecule has 32 heavy (non-hydrogen) atoms. The monoisotopic (exact) mass is 448 g/mol. The van der Waals surface area contributed by atoms with Gasteiger partial charge in [-0.3, -0.25) is 4.39 Å². The Hall–Kier alpha value is -2.43. The van der Waals surface area contributed by atoms with Crippen LogP contribution in [0.5, 0.6) is 0 Å². The molecule has 2 aromatic carbocycles. The number of allylic oxidation sites excluding steroid dienone is 4. The van der Waals surface area contributed by atoms with Crippen molar-refractivity contribution in [1.29, 1.82) is 0 Å². The maximum Gasteiger partial charge on any atom is 0.167 e. The molecule has 0 aliphatic heterocycles. The van der Waals surface area contributed by atoms with Crippen molar-refractivity contribution in [3.05, 3.63) is 76.9 Å². The lowest BCUT2D eigenvalue weighted by Crippen LogP contribution is -2.04. The molecule has 0 bridgehead atoms. The van der Waals surface area contributed by atoms with E-state index in [4.69, 9.17) is 0 Å². The van der Waals surface area contributed by atoms with Gasteiger partial charge in [-0.1, -0.05) is 50.1 Å². The van der Waals surface area contributed by atoms with Crippen molar-refractivity contribution in [1.82, 2.24) is 0 Å². The highest BCUT2D eigenvalue weighted by molar-refractivity contribution is 5.72. The first-order valence-corrected chi connectivity index (χ1v) is 11.3. The number of benzene rings is 2. The number of hydrogen-bond acceptors (Lipinski definition) is 0. The predicted octanol–water partition coefficient (Wildman–Crippen LogP) is 8.90. The number of alkyl halides is 1. The Morgan fingerprint density at radius 3 is 2.47 bits per heavy atom. The summed E-state index contributed by atoms with van der Waals surface area (Å²) in [5.41, 5.74) is 1.86. The summed E-state index contributed by atoms with van der Waals surface area (Å²) >= 11 is 0. The number of halogens is 5. The standard InChI is InChI=1S/C27H29F5/c1-2-3-4-5-20-10-13-24(27(32)26(20)31)23-12-11-21(17-25(23)30)19-8-6-18(7-9-19)16-22(29)14-15-28/h8,10-13,16-18H,2-7,9,14-15H2,1H3. The first-order valence-electron chi connectivity index (χ1n) is 11.3. The van der Waals surface area contributed by atoms with Crippen molar-refractivity contribution >= 4 is 5.57 Å². The van der Waals surface area contributed by atoms with Crippen molar-refractivity contribution in [3.8, 4) is 11.1 Å². The van der Waals surface area contributed by atoms with Crippen LogP contribution in [-0.2, 0) is 6.42 Å². The van der Waals surface area contributed by atoms with Gasteiger partial charge in [-0.2, -0.15) is 0 Å². The third kappa shape index (κ3) is 5.87. The Labute approximate surface area is 186 Å². The Balaban J connectivity index is 1.77. The topological polar surface area (TPSA) is 0 Å². The Morgan fingerprint density at radius 1 is 1.03 bits per heavy atom. The molecule has 0 fully saturated rings. The minimum absolute atomic E-state index is 0.00216. The molecule has 0 nitrogen and oxygen atoms in total. The SMILES string of the molecule is CCCCCc1ccc(-c2ccc(C3=CCC(C=C(F)CCF)CC3)cc2F)c(F)c1F. The van der Waals surface area contributed by atoms with Crippen LogP contribution >= 0.6 is 0 Å². The van der Waals surface area contributed by atoms with E-state index in [9.17, 15) is 22.0 Å². The zero-order valence-corrected chi connectivity index (χ0v) is 18.4. The summed E-state index contributed by atoms with van der Waals surface area (Å²) in [6.45, 7) is 1.33. The van der Waals surface area contributed by atoms with Gasteiger partial charge in [-0.15, -0.1) is 0 Å². The van der Waals surface area contributed by atoms with E-state index < -0.39 is 30.0 Å². The molecular formula is C27H29F5. The third-order valence-corrected chi connectivity index (χ3v) is 6.04. The third-order valence-electron chi connectivity index (χ3n) is 6.04. The van der Waals surface area contributed by atoms with Gasteiger partial charge in [-0.25, -0.2) is 17.6 Å². The summed E-state index contributed by atoms with van der Waals surface area (Å²) < 4.78 is 69.8. The van der Waals surface area contributed by atoms with E-state index >= 15 is 0 Å². The summed E-state index contributed by atoms with van der Waals surface area (Å²) in [7, 11) is 0.